The molecule has 0 saturated carbocycles. The van der Waals surface area contributed by atoms with E-state index in [9.17, 15) is 8.42 Å². The van der Waals surface area contributed by atoms with Gasteiger partial charge in [0.25, 0.3) is 0 Å². The van der Waals surface area contributed by atoms with Gasteiger partial charge in [-0.25, -0.2) is 4.18 Å². The molecule has 8 nitrogen and oxygen atoms in total. The van der Waals surface area contributed by atoms with Crippen LogP contribution < -0.4 is 0 Å². The zero-order chi connectivity index (χ0) is 18.0. The van der Waals surface area contributed by atoms with E-state index in [1.54, 1.807) is 4.90 Å². The molecule has 0 atom stereocenters. The predicted octanol–water partition coefficient (Wildman–Crippen LogP) is 0.432. The lowest BCUT2D eigenvalue weighted by atomic mass is 10.1. The number of nitrogens with zero attached hydrogens (tertiary/aromatic N) is 1. The van der Waals surface area contributed by atoms with Gasteiger partial charge in [-0.1, -0.05) is 39.0 Å². The molecule has 0 aromatic rings. The van der Waals surface area contributed by atoms with E-state index in [1.807, 2.05) is 0 Å². The Labute approximate surface area is 140 Å². The summed E-state index contributed by atoms with van der Waals surface area (Å²) in [5, 5.41) is 25.5. The molecule has 0 spiro atoms. The standard InChI is InChI=1S/C8H18O4S.C6H15NO3/c1-2-3-4-5-6-7-8-12-13(9,10)11;8-4-1-7(2-5-9)3-6-10/h2-8H2,1H3,(H,9,10,11);8-10H,1-6H2. The summed E-state index contributed by atoms with van der Waals surface area (Å²) in [6.45, 7) is 3.98. The summed E-state index contributed by atoms with van der Waals surface area (Å²) in [5.74, 6) is 0. The minimum Gasteiger partial charge on any atom is -0.395 e. The zero-order valence-electron chi connectivity index (χ0n) is 14.1. The smallest absolute Gasteiger partial charge is 0.395 e. The third-order valence-electron chi connectivity index (χ3n) is 2.98. The van der Waals surface area contributed by atoms with Crippen LogP contribution in [0.15, 0.2) is 0 Å². The van der Waals surface area contributed by atoms with Crippen LogP contribution in [0.5, 0.6) is 0 Å². The molecule has 0 aliphatic carbocycles. The fraction of sp³-hybridized carbons (Fsp3) is 1.00. The quantitative estimate of drug-likeness (QED) is 0.260. The largest absolute Gasteiger partial charge is 0.397 e. The number of rotatable bonds is 14. The third kappa shape index (κ3) is 24.1. The lowest BCUT2D eigenvalue weighted by molar-refractivity contribution is 0.136. The molecule has 0 radical (unpaired) electrons. The molecule has 0 aliphatic rings. The van der Waals surface area contributed by atoms with Crippen molar-refractivity contribution >= 4 is 10.4 Å². The molecular formula is C14H33NO7S. The second-order valence-electron chi connectivity index (χ2n) is 5.03. The van der Waals surface area contributed by atoms with Crippen LogP contribution in [0.1, 0.15) is 45.4 Å². The lowest BCUT2D eigenvalue weighted by Gasteiger charge is -2.17. The Bertz CT molecular complexity index is 311. The summed E-state index contributed by atoms with van der Waals surface area (Å²) in [7, 11) is -4.22. The molecular weight excluding hydrogens is 326 g/mol. The van der Waals surface area contributed by atoms with Gasteiger partial charge in [0.1, 0.15) is 0 Å². The Morgan fingerprint density at radius 1 is 0.826 bits per heavy atom. The number of hydrogen-bond acceptors (Lipinski definition) is 7. The highest BCUT2D eigenvalue weighted by atomic mass is 32.3. The summed E-state index contributed by atoms with van der Waals surface area (Å²) in [6, 6.07) is 0. The van der Waals surface area contributed by atoms with Crippen molar-refractivity contribution in [2.24, 2.45) is 0 Å². The van der Waals surface area contributed by atoms with Crippen molar-refractivity contribution < 1.29 is 32.5 Å². The molecule has 0 bridgehead atoms. The van der Waals surface area contributed by atoms with Crippen LogP contribution in [-0.2, 0) is 14.6 Å². The molecule has 0 aromatic carbocycles. The van der Waals surface area contributed by atoms with Crippen LogP contribution in [0.2, 0.25) is 0 Å². The van der Waals surface area contributed by atoms with Gasteiger partial charge in [0, 0.05) is 19.6 Å². The molecule has 9 heteroatoms. The van der Waals surface area contributed by atoms with E-state index in [0.717, 1.165) is 12.8 Å². The molecule has 4 N–H and O–H groups in total. The maximum atomic E-state index is 10.1. The number of aliphatic hydroxyl groups is 3. The van der Waals surface area contributed by atoms with Gasteiger partial charge in [0.15, 0.2) is 0 Å². The van der Waals surface area contributed by atoms with Crippen LogP contribution in [0.25, 0.3) is 0 Å². The maximum absolute atomic E-state index is 10.1. The Kier molecular flexibility index (Phi) is 19.6. The minimum atomic E-state index is -4.22. The second kappa shape index (κ2) is 18.1. The maximum Gasteiger partial charge on any atom is 0.397 e. The molecule has 0 heterocycles. The van der Waals surface area contributed by atoms with Crippen molar-refractivity contribution in [2.45, 2.75) is 45.4 Å². The SMILES string of the molecule is CCCCCCCCOS(=O)(=O)O.OCCN(CCO)CCO. The van der Waals surface area contributed by atoms with Gasteiger partial charge >= 0.3 is 10.4 Å². The molecule has 0 amide bonds. The first-order valence-corrected chi connectivity index (χ1v) is 9.44. The number of unbranched alkanes of at least 4 members (excludes halogenated alkanes) is 5. The Hall–Kier alpha value is -0.290. The monoisotopic (exact) mass is 359 g/mol. The van der Waals surface area contributed by atoms with Crippen molar-refractivity contribution in [3.05, 3.63) is 0 Å². The van der Waals surface area contributed by atoms with Crippen molar-refractivity contribution in [3.8, 4) is 0 Å². The highest BCUT2D eigenvalue weighted by molar-refractivity contribution is 7.80. The van der Waals surface area contributed by atoms with Gasteiger partial charge in [0.2, 0.25) is 0 Å². The third-order valence-corrected chi connectivity index (χ3v) is 3.44. The summed E-state index contributed by atoms with van der Waals surface area (Å²) in [5.41, 5.74) is 0. The first kappa shape index (κ1) is 25.0. The van der Waals surface area contributed by atoms with Gasteiger partial charge in [-0.15, -0.1) is 0 Å². The predicted molar refractivity (Wildman–Crippen MR) is 88.6 cm³/mol. The van der Waals surface area contributed by atoms with Gasteiger partial charge < -0.3 is 15.3 Å². The molecule has 142 valence electrons. The van der Waals surface area contributed by atoms with E-state index in [4.69, 9.17) is 19.9 Å². The molecule has 0 aliphatic heterocycles. The van der Waals surface area contributed by atoms with E-state index in [0.29, 0.717) is 26.1 Å². The normalized spacial score (nSPS) is 11.4. The Morgan fingerprint density at radius 3 is 1.65 bits per heavy atom. The molecule has 0 aromatic heterocycles. The molecule has 0 unspecified atom stereocenters. The van der Waals surface area contributed by atoms with Gasteiger partial charge in [-0.05, 0) is 6.42 Å². The lowest BCUT2D eigenvalue weighted by Crippen LogP contribution is -2.32. The van der Waals surface area contributed by atoms with Gasteiger partial charge in [-0.2, -0.15) is 8.42 Å². The van der Waals surface area contributed by atoms with Crippen molar-refractivity contribution in [1.82, 2.24) is 4.90 Å². The van der Waals surface area contributed by atoms with Gasteiger partial charge in [0.05, 0.1) is 26.4 Å². The summed E-state index contributed by atoms with van der Waals surface area (Å²) >= 11 is 0. The van der Waals surface area contributed by atoms with E-state index in [1.165, 1.54) is 19.3 Å². The van der Waals surface area contributed by atoms with Crippen LogP contribution in [-0.4, -0.2) is 79.3 Å². The van der Waals surface area contributed by atoms with Gasteiger partial charge in [-0.3, -0.25) is 9.45 Å². The topological polar surface area (TPSA) is 128 Å². The fourth-order valence-corrected chi connectivity index (χ4v) is 2.13. The molecule has 0 fully saturated rings. The summed E-state index contributed by atoms with van der Waals surface area (Å²) in [4.78, 5) is 1.79. The number of hydrogen-bond donors (Lipinski definition) is 4. The van der Waals surface area contributed by atoms with E-state index in [2.05, 4.69) is 11.1 Å². The molecule has 23 heavy (non-hydrogen) atoms. The second-order valence-corrected chi connectivity index (χ2v) is 6.12. The summed E-state index contributed by atoms with van der Waals surface area (Å²) in [6.07, 6.45) is 6.34. The van der Waals surface area contributed by atoms with Crippen LogP contribution in [0.4, 0.5) is 0 Å². The highest BCUT2D eigenvalue weighted by Gasteiger charge is 2.02. The summed E-state index contributed by atoms with van der Waals surface area (Å²) < 4.78 is 32.6. The van der Waals surface area contributed by atoms with Crippen LogP contribution >= 0.6 is 0 Å². The van der Waals surface area contributed by atoms with Crippen molar-refractivity contribution in [1.29, 1.82) is 0 Å². The minimum absolute atomic E-state index is 0.0694. The van der Waals surface area contributed by atoms with Crippen LogP contribution in [0, 0.1) is 0 Å². The first-order valence-electron chi connectivity index (χ1n) is 8.08. The van der Waals surface area contributed by atoms with Crippen molar-refractivity contribution in [2.75, 3.05) is 46.1 Å². The van der Waals surface area contributed by atoms with Crippen LogP contribution in [0.3, 0.4) is 0 Å². The van der Waals surface area contributed by atoms with Crippen molar-refractivity contribution in [3.63, 3.8) is 0 Å². The average Bonchev–Trinajstić information content (AvgIpc) is 2.47. The number of aliphatic hydroxyl groups excluding tert-OH is 3. The van der Waals surface area contributed by atoms with E-state index < -0.39 is 10.4 Å². The Balaban J connectivity index is 0. The van der Waals surface area contributed by atoms with E-state index in [-0.39, 0.29) is 26.4 Å². The average molecular weight is 359 g/mol. The zero-order valence-corrected chi connectivity index (χ0v) is 14.9. The first-order chi connectivity index (χ1) is 10.9. The molecule has 0 rings (SSSR count). The molecule has 0 saturated heterocycles. The Morgan fingerprint density at radius 2 is 1.26 bits per heavy atom. The highest BCUT2D eigenvalue weighted by Crippen LogP contribution is 2.05. The fourth-order valence-electron chi connectivity index (χ4n) is 1.81. The van der Waals surface area contributed by atoms with E-state index >= 15 is 0 Å².